The van der Waals surface area contributed by atoms with Crippen molar-refractivity contribution in [1.82, 2.24) is 5.32 Å². The number of benzene rings is 1. The lowest BCUT2D eigenvalue weighted by molar-refractivity contribution is 0.163. The number of methoxy groups -OCH3 is 1. The Labute approximate surface area is 92.6 Å². The molecule has 84 valence electrons. The third-order valence-corrected chi connectivity index (χ3v) is 2.87. The van der Waals surface area contributed by atoms with E-state index in [9.17, 15) is 0 Å². The van der Waals surface area contributed by atoms with Crippen LogP contribution in [-0.2, 0) is 4.74 Å². The van der Waals surface area contributed by atoms with E-state index in [2.05, 4.69) is 36.5 Å². The molecule has 1 aromatic carbocycles. The highest BCUT2D eigenvalue weighted by molar-refractivity contribution is 5.21. The lowest BCUT2D eigenvalue weighted by atomic mass is 9.91. The molecule has 2 atom stereocenters. The van der Waals surface area contributed by atoms with E-state index in [4.69, 9.17) is 4.74 Å². The summed E-state index contributed by atoms with van der Waals surface area (Å²) in [4.78, 5) is 0. The van der Waals surface area contributed by atoms with Crippen LogP contribution < -0.4 is 5.32 Å². The number of hydrogen-bond donors (Lipinski definition) is 1. The fraction of sp³-hybridized carbons (Fsp3) is 0.538. The van der Waals surface area contributed by atoms with Gasteiger partial charge in [-0.25, -0.2) is 0 Å². The lowest BCUT2D eigenvalue weighted by Crippen LogP contribution is -2.33. The van der Waals surface area contributed by atoms with Gasteiger partial charge in [0.05, 0.1) is 6.61 Å². The molecule has 0 heterocycles. The molecule has 0 amide bonds. The Morgan fingerprint density at radius 3 is 2.40 bits per heavy atom. The van der Waals surface area contributed by atoms with E-state index in [1.54, 1.807) is 7.11 Å². The fourth-order valence-electron chi connectivity index (χ4n) is 2.01. The van der Waals surface area contributed by atoms with Crippen molar-refractivity contribution in [2.24, 2.45) is 0 Å². The molecule has 1 N–H and O–H groups in total. The molecule has 0 aliphatic rings. The minimum atomic E-state index is 0.436. The molecular formula is C13H21NO. The zero-order chi connectivity index (χ0) is 11.1. The molecule has 0 aliphatic heterocycles. The standard InChI is InChI=1S/C13H21NO/c1-4-13(14-2)12(10-15-3)11-8-6-5-7-9-11/h5-9,12-14H,4,10H2,1-3H3. The molecule has 0 spiro atoms. The largest absolute Gasteiger partial charge is 0.384 e. The van der Waals surface area contributed by atoms with Crippen molar-refractivity contribution in [3.8, 4) is 0 Å². The van der Waals surface area contributed by atoms with Crippen LogP contribution in [0, 0.1) is 0 Å². The van der Waals surface area contributed by atoms with Crippen LogP contribution in [0.2, 0.25) is 0 Å². The average Bonchev–Trinajstić information content (AvgIpc) is 2.30. The highest BCUT2D eigenvalue weighted by Crippen LogP contribution is 2.21. The van der Waals surface area contributed by atoms with Gasteiger partial charge in [-0.2, -0.15) is 0 Å². The molecule has 0 saturated carbocycles. The Balaban J connectivity index is 2.81. The number of hydrogen-bond acceptors (Lipinski definition) is 2. The van der Waals surface area contributed by atoms with Gasteiger partial charge >= 0.3 is 0 Å². The van der Waals surface area contributed by atoms with Gasteiger partial charge in [0.25, 0.3) is 0 Å². The van der Waals surface area contributed by atoms with Gasteiger partial charge in [-0.15, -0.1) is 0 Å². The topological polar surface area (TPSA) is 21.3 Å². The maximum absolute atomic E-state index is 5.30. The van der Waals surface area contributed by atoms with Gasteiger partial charge in [0, 0.05) is 19.1 Å². The molecule has 0 saturated heterocycles. The van der Waals surface area contributed by atoms with Crippen LogP contribution in [0.1, 0.15) is 24.8 Å². The average molecular weight is 207 g/mol. The van der Waals surface area contributed by atoms with Crippen molar-refractivity contribution in [3.63, 3.8) is 0 Å². The molecule has 0 aliphatic carbocycles. The Kier molecular flexibility index (Phi) is 5.37. The molecule has 0 radical (unpaired) electrons. The van der Waals surface area contributed by atoms with E-state index < -0.39 is 0 Å². The first-order valence-electron chi connectivity index (χ1n) is 5.54. The summed E-state index contributed by atoms with van der Waals surface area (Å²) < 4.78 is 5.30. The Hall–Kier alpha value is -0.860. The van der Waals surface area contributed by atoms with Gasteiger partial charge in [0.15, 0.2) is 0 Å². The monoisotopic (exact) mass is 207 g/mol. The van der Waals surface area contributed by atoms with Crippen molar-refractivity contribution >= 4 is 0 Å². The summed E-state index contributed by atoms with van der Waals surface area (Å²) >= 11 is 0. The van der Waals surface area contributed by atoms with E-state index in [0.717, 1.165) is 13.0 Å². The highest BCUT2D eigenvalue weighted by atomic mass is 16.5. The second-order valence-corrected chi connectivity index (χ2v) is 3.78. The second-order valence-electron chi connectivity index (χ2n) is 3.78. The summed E-state index contributed by atoms with van der Waals surface area (Å²) in [5, 5.41) is 3.36. The van der Waals surface area contributed by atoms with Gasteiger partial charge in [-0.3, -0.25) is 0 Å². The predicted octanol–water partition coefficient (Wildman–Crippen LogP) is 2.41. The summed E-state index contributed by atoms with van der Waals surface area (Å²) in [5.41, 5.74) is 1.35. The van der Waals surface area contributed by atoms with Crippen LogP contribution in [0.25, 0.3) is 0 Å². The SMILES string of the molecule is CCC(NC)C(COC)c1ccccc1. The second kappa shape index (κ2) is 6.59. The smallest absolute Gasteiger partial charge is 0.0545 e. The first-order valence-corrected chi connectivity index (χ1v) is 5.54. The van der Waals surface area contributed by atoms with Gasteiger partial charge in [0.2, 0.25) is 0 Å². The van der Waals surface area contributed by atoms with Gasteiger partial charge in [-0.05, 0) is 19.0 Å². The number of likely N-dealkylation sites (N-methyl/N-ethyl adjacent to an activating group) is 1. The Morgan fingerprint density at radius 2 is 1.93 bits per heavy atom. The zero-order valence-electron chi connectivity index (χ0n) is 9.86. The van der Waals surface area contributed by atoms with Crippen LogP contribution in [0.15, 0.2) is 30.3 Å². The van der Waals surface area contributed by atoms with Gasteiger partial charge < -0.3 is 10.1 Å². The molecule has 2 nitrogen and oxygen atoms in total. The first-order chi connectivity index (χ1) is 7.33. The fourth-order valence-corrected chi connectivity index (χ4v) is 2.01. The third kappa shape index (κ3) is 3.33. The van der Waals surface area contributed by atoms with Crippen molar-refractivity contribution in [3.05, 3.63) is 35.9 Å². The van der Waals surface area contributed by atoms with Crippen LogP contribution >= 0.6 is 0 Å². The predicted molar refractivity (Wildman–Crippen MR) is 64.2 cm³/mol. The van der Waals surface area contributed by atoms with Crippen LogP contribution in [-0.4, -0.2) is 26.8 Å². The van der Waals surface area contributed by atoms with Crippen molar-refractivity contribution in [2.75, 3.05) is 20.8 Å². The molecule has 1 aromatic rings. The maximum atomic E-state index is 5.30. The van der Waals surface area contributed by atoms with Crippen LogP contribution in [0.5, 0.6) is 0 Å². The van der Waals surface area contributed by atoms with Gasteiger partial charge in [0.1, 0.15) is 0 Å². The van der Waals surface area contributed by atoms with E-state index in [-0.39, 0.29) is 0 Å². The number of rotatable bonds is 6. The summed E-state index contributed by atoms with van der Waals surface area (Å²) in [6.45, 7) is 2.97. The molecular weight excluding hydrogens is 186 g/mol. The maximum Gasteiger partial charge on any atom is 0.0545 e. The minimum Gasteiger partial charge on any atom is -0.384 e. The molecule has 1 rings (SSSR count). The number of ether oxygens (including phenoxy) is 1. The summed E-state index contributed by atoms with van der Waals surface area (Å²) in [6.07, 6.45) is 1.11. The molecule has 0 fully saturated rings. The van der Waals surface area contributed by atoms with E-state index >= 15 is 0 Å². The Morgan fingerprint density at radius 1 is 1.27 bits per heavy atom. The van der Waals surface area contributed by atoms with E-state index in [1.165, 1.54) is 5.56 Å². The molecule has 15 heavy (non-hydrogen) atoms. The van der Waals surface area contributed by atoms with E-state index in [1.807, 2.05) is 13.1 Å². The van der Waals surface area contributed by atoms with Crippen molar-refractivity contribution < 1.29 is 4.74 Å². The van der Waals surface area contributed by atoms with Crippen molar-refractivity contribution in [2.45, 2.75) is 25.3 Å². The summed E-state index contributed by atoms with van der Waals surface area (Å²) in [5.74, 6) is 0.436. The zero-order valence-corrected chi connectivity index (χ0v) is 9.86. The molecule has 0 bridgehead atoms. The van der Waals surface area contributed by atoms with Crippen LogP contribution in [0.4, 0.5) is 0 Å². The molecule has 0 aromatic heterocycles. The summed E-state index contributed by atoms with van der Waals surface area (Å²) in [7, 11) is 3.78. The molecule has 2 unspecified atom stereocenters. The lowest BCUT2D eigenvalue weighted by Gasteiger charge is -2.25. The van der Waals surface area contributed by atoms with Crippen LogP contribution in [0.3, 0.4) is 0 Å². The minimum absolute atomic E-state index is 0.436. The normalized spacial score (nSPS) is 14.9. The third-order valence-electron chi connectivity index (χ3n) is 2.87. The summed E-state index contributed by atoms with van der Waals surface area (Å²) in [6, 6.07) is 11.0. The van der Waals surface area contributed by atoms with Gasteiger partial charge in [-0.1, -0.05) is 37.3 Å². The number of nitrogens with one attached hydrogen (secondary N) is 1. The van der Waals surface area contributed by atoms with Crippen molar-refractivity contribution in [1.29, 1.82) is 0 Å². The quantitative estimate of drug-likeness (QED) is 0.773. The highest BCUT2D eigenvalue weighted by Gasteiger charge is 2.19. The van der Waals surface area contributed by atoms with E-state index in [0.29, 0.717) is 12.0 Å². The molecule has 2 heteroatoms. The Bertz CT molecular complexity index is 256. The first kappa shape index (κ1) is 12.2.